The van der Waals surface area contributed by atoms with E-state index in [9.17, 15) is 24.5 Å². The molecular formula is C19H18N2O7. The largest absolute Gasteiger partial charge is 0.465 e. The van der Waals surface area contributed by atoms with E-state index in [1.54, 1.807) is 30.3 Å². The number of methoxy groups -OCH3 is 1. The molecule has 2 rings (SSSR count). The van der Waals surface area contributed by atoms with Crippen LogP contribution in [0.3, 0.4) is 0 Å². The van der Waals surface area contributed by atoms with Crippen molar-refractivity contribution in [3.05, 3.63) is 69.8 Å². The van der Waals surface area contributed by atoms with Crippen LogP contribution in [0.5, 0.6) is 0 Å². The molecule has 0 heterocycles. The van der Waals surface area contributed by atoms with Gasteiger partial charge in [-0.2, -0.15) is 0 Å². The third-order valence-corrected chi connectivity index (χ3v) is 3.89. The van der Waals surface area contributed by atoms with E-state index >= 15 is 0 Å². The smallest absolute Gasteiger partial charge is 0.339 e. The normalized spacial score (nSPS) is 11.2. The van der Waals surface area contributed by atoms with Crippen molar-refractivity contribution in [3.63, 3.8) is 0 Å². The lowest BCUT2D eigenvalue weighted by Gasteiger charge is -2.21. The van der Waals surface area contributed by atoms with E-state index < -0.39 is 34.6 Å². The number of benzene rings is 2. The van der Waals surface area contributed by atoms with Gasteiger partial charge in [-0.1, -0.05) is 18.2 Å². The molecule has 2 aromatic rings. The summed E-state index contributed by atoms with van der Waals surface area (Å²) in [6.45, 7) is 1.39. The summed E-state index contributed by atoms with van der Waals surface area (Å²) in [5.41, 5.74) is -0.283. The van der Waals surface area contributed by atoms with Gasteiger partial charge in [-0.15, -0.1) is 0 Å². The van der Waals surface area contributed by atoms with E-state index in [0.717, 1.165) is 25.3 Å². The van der Waals surface area contributed by atoms with Crippen molar-refractivity contribution < 1.29 is 28.8 Å². The fraction of sp³-hybridized carbons (Fsp3) is 0.211. The molecule has 28 heavy (non-hydrogen) atoms. The minimum Gasteiger partial charge on any atom is -0.465 e. The molecule has 0 spiro atoms. The van der Waals surface area contributed by atoms with Crippen molar-refractivity contribution >= 4 is 29.2 Å². The molecule has 0 aliphatic rings. The Morgan fingerprint density at radius 1 is 1.04 bits per heavy atom. The molecule has 1 amide bonds. The molecule has 0 N–H and O–H groups in total. The quantitative estimate of drug-likeness (QED) is 0.425. The molecule has 9 nitrogen and oxygen atoms in total. The Kier molecular flexibility index (Phi) is 6.43. The molecule has 0 unspecified atom stereocenters. The number of rotatable bonds is 6. The number of hydrogen-bond donors (Lipinski definition) is 0. The van der Waals surface area contributed by atoms with Crippen LogP contribution >= 0.6 is 0 Å². The number of amides is 1. The summed E-state index contributed by atoms with van der Waals surface area (Å²) in [7, 11) is 2.64. The molecule has 0 saturated carbocycles. The first-order chi connectivity index (χ1) is 13.2. The van der Waals surface area contributed by atoms with Crippen LogP contribution in [-0.4, -0.2) is 43.0 Å². The zero-order valence-electron chi connectivity index (χ0n) is 15.4. The van der Waals surface area contributed by atoms with Gasteiger partial charge in [0.1, 0.15) is 0 Å². The first kappa shape index (κ1) is 20.6. The monoisotopic (exact) mass is 386 g/mol. The number of esters is 2. The molecule has 1 atom stereocenters. The Morgan fingerprint density at radius 2 is 1.61 bits per heavy atom. The summed E-state index contributed by atoms with van der Waals surface area (Å²) in [6.07, 6.45) is -1.15. The SMILES string of the molecule is COC(=O)c1cc(C(=O)O[C@@H](C)C(=O)N(C)c2ccccc2)cc([N+](=O)[O-])c1. The number of carbonyl (C=O) groups excluding carboxylic acids is 3. The fourth-order valence-electron chi connectivity index (χ4n) is 2.40. The van der Waals surface area contributed by atoms with Gasteiger partial charge in [0.15, 0.2) is 6.10 Å². The number of non-ortho nitro benzene ring substituents is 1. The zero-order chi connectivity index (χ0) is 20.8. The number of anilines is 1. The van der Waals surface area contributed by atoms with E-state index in [2.05, 4.69) is 4.74 Å². The maximum absolute atomic E-state index is 12.5. The van der Waals surface area contributed by atoms with Crippen molar-refractivity contribution in [2.45, 2.75) is 13.0 Å². The van der Waals surface area contributed by atoms with Crippen LogP contribution in [0.15, 0.2) is 48.5 Å². The Labute approximate surface area is 160 Å². The Morgan fingerprint density at radius 3 is 2.14 bits per heavy atom. The third-order valence-electron chi connectivity index (χ3n) is 3.89. The third kappa shape index (κ3) is 4.70. The van der Waals surface area contributed by atoms with Gasteiger partial charge < -0.3 is 14.4 Å². The summed E-state index contributed by atoms with van der Waals surface area (Å²) in [5.74, 6) is -2.31. The van der Waals surface area contributed by atoms with Gasteiger partial charge in [-0.05, 0) is 25.1 Å². The molecule has 146 valence electrons. The van der Waals surface area contributed by atoms with Crippen LogP contribution in [0.25, 0.3) is 0 Å². The average Bonchev–Trinajstić information content (AvgIpc) is 2.72. The van der Waals surface area contributed by atoms with Gasteiger partial charge >= 0.3 is 11.9 Å². The van der Waals surface area contributed by atoms with E-state index in [0.29, 0.717) is 5.69 Å². The molecule has 9 heteroatoms. The molecule has 0 aliphatic heterocycles. The number of carbonyl (C=O) groups is 3. The zero-order valence-corrected chi connectivity index (χ0v) is 15.4. The van der Waals surface area contributed by atoms with Crippen LogP contribution in [0, 0.1) is 10.1 Å². The highest BCUT2D eigenvalue weighted by Crippen LogP contribution is 2.20. The van der Waals surface area contributed by atoms with Crippen molar-refractivity contribution in [2.75, 3.05) is 19.1 Å². The number of para-hydroxylation sites is 1. The predicted molar refractivity (Wildman–Crippen MR) is 99.2 cm³/mol. The second kappa shape index (κ2) is 8.76. The second-order valence-corrected chi connectivity index (χ2v) is 5.80. The summed E-state index contributed by atoms with van der Waals surface area (Å²) >= 11 is 0. The molecule has 2 aromatic carbocycles. The van der Waals surface area contributed by atoms with Crippen LogP contribution in [0.2, 0.25) is 0 Å². The van der Waals surface area contributed by atoms with Gasteiger partial charge in [-0.3, -0.25) is 14.9 Å². The fourth-order valence-corrected chi connectivity index (χ4v) is 2.40. The summed E-state index contributed by atoms with van der Waals surface area (Å²) < 4.78 is 9.67. The Balaban J connectivity index is 2.21. The highest BCUT2D eigenvalue weighted by Gasteiger charge is 2.25. The number of nitro groups is 1. The van der Waals surface area contributed by atoms with Gasteiger partial charge in [0, 0.05) is 24.9 Å². The highest BCUT2D eigenvalue weighted by atomic mass is 16.6. The molecule has 0 radical (unpaired) electrons. The second-order valence-electron chi connectivity index (χ2n) is 5.80. The van der Waals surface area contributed by atoms with E-state index in [-0.39, 0.29) is 11.1 Å². The minimum absolute atomic E-state index is 0.177. The number of hydrogen-bond acceptors (Lipinski definition) is 7. The number of nitrogens with zero attached hydrogens (tertiary/aromatic N) is 2. The van der Waals surface area contributed by atoms with Gasteiger partial charge in [0.2, 0.25) is 0 Å². The molecule has 0 saturated heterocycles. The van der Waals surface area contributed by atoms with Gasteiger partial charge in [0.05, 0.1) is 23.2 Å². The van der Waals surface area contributed by atoms with Crippen molar-refractivity contribution in [2.24, 2.45) is 0 Å². The molecule has 0 bridgehead atoms. The van der Waals surface area contributed by atoms with Crippen molar-refractivity contribution in [3.8, 4) is 0 Å². The Bertz CT molecular complexity index is 912. The minimum atomic E-state index is -1.15. The number of likely N-dealkylation sites (N-methyl/N-ethyl adjacent to an activating group) is 1. The maximum Gasteiger partial charge on any atom is 0.339 e. The lowest BCUT2D eigenvalue weighted by Crippen LogP contribution is -2.37. The van der Waals surface area contributed by atoms with Gasteiger partial charge in [-0.25, -0.2) is 9.59 Å². The van der Waals surface area contributed by atoms with E-state index in [1.807, 2.05) is 0 Å². The predicted octanol–water partition coefficient (Wildman–Crippen LogP) is 2.59. The molecule has 0 aromatic heterocycles. The van der Waals surface area contributed by atoms with Gasteiger partial charge in [0.25, 0.3) is 11.6 Å². The van der Waals surface area contributed by atoms with Crippen LogP contribution in [0.4, 0.5) is 11.4 Å². The summed E-state index contributed by atoms with van der Waals surface area (Å²) in [6, 6.07) is 11.8. The maximum atomic E-state index is 12.5. The standard InChI is InChI=1S/C19H18N2O7/c1-12(17(22)20(2)15-7-5-4-6-8-15)28-19(24)14-9-13(18(23)27-3)10-16(11-14)21(25)26/h4-12H,1-3H3/t12-/m0/s1. The topological polar surface area (TPSA) is 116 Å². The molecule has 0 aliphatic carbocycles. The first-order valence-corrected chi connectivity index (χ1v) is 8.16. The van der Waals surface area contributed by atoms with E-state index in [1.165, 1.54) is 18.9 Å². The summed E-state index contributed by atoms with van der Waals surface area (Å²) in [5, 5.41) is 11.1. The van der Waals surface area contributed by atoms with Crippen molar-refractivity contribution in [1.82, 2.24) is 0 Å². The highest BCUT2D eigenvalue weighted by molar-refractivity contribution is 6.00. The average molecular weight is 386 g/mol. The number of nitro benzene ring substituents is 1. The van der Waals surface area contributed by atoms with Crippen LogP contribution < -0.4 is 4.90 Å². The molecular weight excluding hydrogens is 368 g/mol. The lowest BCUT2D eigenvalue weighted by atomic mass is 10.1. The summed E-state index contributed by atoms with van der Waals surface area (Å²) in [4.78, 5) is 48.2. The van der Waals surface area contributed by atoms with Crippen LogP contribution in [0.1, 0.15) is 27.6 Å². The number of ether oxygens (including phenoxy) is 2. The Hall–Kier alpha value is -3.75. The lowest BCUT2D eigenvalue weighted by molar-refractivity contribution is -0.384. The van der Waals surface area contributed by atoms with E-state index in [4.69, 9.17) is 4.74 Å². The molecule has 0 fully saturated rings. The first-order valence-electron chi connectivity index (χ1n) is 8.16. The van der Waals surface area contributed by atoms with Crippen LogP contribution in [-0.2, 0) is 14.3 Å². The van der Waals surface area contributed by atoms with Crippen molar-refractivity contribution in [1.29, 1.82) is 0 Å².